The van der Waals surface area contributed by atoms with Crippen molar-refractivity contribution in [1.29, 1.82) is 0 Å². The minimum absolute atomic E-state index is 0.0580. The van der Waals surface area contributed by atoms with Gasteiger partial charge >= 0.3 is 0 Å². The van der Waals surface area contributed by atoms with Crippen LogP contribution in [0.3, 0.4) is 0 Å². The fourth-order valence-electron chi connectivity index (χ4n) is 4.09. The first-order valence-corrected chi connectivity index (χ1v) is 10.1. The van der Waals surface area contributed by atoms with Crippen molar-refractivity contribution in [2.75, 3.05) is 5.32 Å². The highest BCUT2D eigenvalue weighted by atomic mass is 35.5. The summed E-state index contributed by atoms with van der Waals surface area (Å²) in [5, 5.41) is 9.48. The van der Waals surface area contributed by atoms with E-state index in [1.807, 2.05) is 47.1 Å². The van der Waals surface area contributed by atoms with Gasteiger partial charge in [-0.3, -0.25) is 0 Å². The van der Waals surface area contributed by atoms with Crippen LogP contribution in [0.2, 0.25) is 10.0 Å². The second-order valence-electron chi connectivity index (χ2n) is 7.02. The van der Waals surface area contributed by atoms with Gasteiger partial charge in [-0.2, -0.15) is 10.1 Å². The summed E-state index contributed by atoms with van der Waals surface area (Å²) in [4.78, 5) is 4.42. The maximum atomic E-state index is 6.57. The molecule has 5 rings (SSSR count). The Morgan fingerprint density at radius 2 is 1.79 bits per heavy atom. The van der Waals surface area contributed by atoms with Gasteiger partial charge in [0.15, 0.2) is 0 Å². The van der Waals surface area contributed by atoms with E-state index in [9.17, 15) is 0 Å². The van der Waals surface area contributed by atoms with Gasteiger partial charge < -0.3 is 5.32 Å². The van der Waals surface area contributed by atoms with E-state index >= 15 is 0 Å². The molecule has 1 aliphatic carbocycles. The molecule has 0 saturated heterocycles. The van der Waals surface area contributed by atoms with Gasteiger partial charge in [0.25, 0.3) is 0 Å². The molecule has 0 bridgehead atoms. The zero-order valence-electron chi connectivity index (χ0n) is 15.1. The average Bonchev–Trinajstić information content (AvgIpc) is 3.17. The molecule has 1 unspecified atom stereocenters. The van der Waals surface area contributed by atoms with Crippen molar-refractivity contribution in [1.82, 2.24) is 14.8 Å². The second-order valence-corrected chi connectivity index (χ2v) is 7.84. The minimum Gasteiger partial charge on any atom is -0.324 e. The molecule has 0 amide bonds. The highest BCUT2D eigenvalue weighted by Crippen LogP contribution is 2.45. The molecule has 4 nitrogen and oxygen atoms in total. The SMILES string of the molecule is Clc1ccccc1C=C1CCCC2=C1Nc1ncnn1C2c1ccccc1Cl. The maximum Gasteiger partial charge on any atom is 0.226 e. The molecule has 140 valence electrons. The Morgan fingerprint density at radius 3 is 2.61 bits per heavy atom. The molecule has 6 heteroatoms. The number of rotatable bonds is 2. The van der Waals surface area contributed by atoms with Crippen LogP contribution in [0.25, 0.3) is 6.08 Å². The number of aromatic nitrogens is 3. The number of benzene rings is 2. The van der Waals surface area contributed by atoms with Crippen LogP contribution in [0.1, 0.15) is 36.4 Å². The number of fused-ring (bicyclic) bond motifs is 1. The topological polar surface area (TPSA) is 42.7 Å². The van der Waals surface area contributed by atoms with Crippen LogP contribution in [0.4, 0.5) is 5.95 Å². The average molecular weight is 409 g/mol. The second kappa shape index (κ2) is 7.12. The monoisotopic (exact) mass is 408 g/mol. The van der Waals surface area contributed by atoms with Crippen LogP contribution in [0.15, 0.2) is 71.7 Å². The molecule has 0 spiro atoms. The van der Waals surface area contributed by atoms with Gasteiger partial charge in [0.05, 0.1) is 0 Å². The number of halogens is 2. The molecule has 1 atom stereocenters. The molecule has 3 aromatic rings. The van der Waals surface area contributed by atoms with Crippen LogP contribution in [-0.2, 0) is 0 Å². The normalized spacial score (nSPS) is 19.9. The molecular weight excluding hydrogens is 391 g/mol. The summed E-state index contributed by atoms with van der Waals surface area (Å²) in [6.45, 7) is 0. The van der Waals surface area contributed by atoms with Crippen LogP contribution < -0.4 is 5.32 Å². The van der Waals surface area contributed by atoms with Crippen molar-refractivity contribution in [3.8, 4) is 0 Å². The van der Waals surface area contributed by atoms with Gasteiger partial charge in [-0.1, -0.05) is 59.6 Å². The smallest absolute Gasteiger partial charge is 0.226 e. The van der Waals surface area contributed by atoms with Crippen molar-refractivity contribution in [2.45, 2.75) is 25.3 Å². The molecule has 28 heavy (non-hydrogen) atoms. The quantitative estimate of drug-likeness (QED) is 0.554. The van der Waals surface area contributed by atoms with Gasteiger partial charge in [0.1, 0.15) is 12.4 Å². The number of hydrogen-bond donors (Lipinski definition) is 1. The molecule has 2 heterocycles. The van der Waals surface area contributed by atoms with Crippen molar-refractivity contribution >= 4 is 35.2 Å². The van der Waals surface area contributed by atoms with Crippen molar-refractivity contribution in [3.63, 3.8) is 0 Å². The van der Waals surface area contributed by atoms with Crippen molar-refractivity contribution < 1.29 is 0 Å². The Bertz CT molecular complexity index is 1110. The van der Waals surface area contributed by atoms with E-state index in [-0.39, 0.29) is 6.04 Å². The first-order valence-electron chi connectivity index (χ1n) is 9.32. The highest BCUT2D eigenvalue weighted by molar-refractivity contribution is 6.32. The first-order chi connectivity index (χ1) is 13.7. The van der Waals surface area contributed by atoms with E-state index in [1.165, 1.54) is 11.1 Å². The van der Waals surface area contributed by atoms with Gasteiger partial charge in [-0.05, 0) is 59.7 Å². The molecule has 2 aliphatic rings. The zero-order chi connectivity index (χ0) is 19.1. The molecule has 0 radical (unpaired) electrons. The summed E-state index contributed by atoms with van der Waals surface area (Å²) < 4.78 is 1.93. The fourth-order valence-corrected chi connectivity index (χ4v) is 4.52. The Balaban J connectivity index is 1.68. The summed E-state index contributed by atoms with van der Waals surface area (Å²) in [5.74, 6) is 0.732. The van der Waals surface area contributed by atoms with E-state index in [0.29, 0.717) is 0 Å². The van der Waals surface area contributed by atoms with Gasteiger partial charge in [-0.25, -0.2) is 4.68 Å². The third kappa shape index (κ3) is 2.93. The molecule has 1 N–H and O–H groups in total. The predicted molar refractivity (Wildman–Crippen MR) is 114 cm³/mol. The van der Waals surface area contributed by atoms with E-state index in [4.69, 9.17) is 23.2 Å². The number of nitrogens with zero attached hydrogens (tertiary/aromatic N) is 3. The fraction of sp³-hybridized carbons (Fsp3) is 0.182. The lowest BCUT2D eigenvalue weighted by atomic mass is 9.83. The van der Waals surface area contributed by atoms with Gasteiger partial charge in [0, 0.05) is 15.7 Å². The van der Waals surface area contributed by atoms with E-state index < -0.39 is 0 Å². The zero-order valence-corrected chi connectivity index (χ0v) is 16.6. The number of nitrogens with one attached hydrogen (secondary N) is 1. The molecule has 0 saturated carbocycles. The molecular formula is C22H18Cl2N4. The van der Waals surface area contributed by atoms with Crippen molar-refractivity contribution in [3.05, 3.63) is 92.9 Å². The third-order valence-electron chi connectivity index (χ3n) is 5.35. The Hall–Kier alpha value is -2.56. The largest absolute Gasteiger partial charge is 0.324 e. The molecule has 2 aromatic carbocycles. The lowest BCUT2D eigenvalue weighted by Gasteiger charge is -2.34. The summed E-state index contributed by atoms with van der Waals surface area (Å²) in [5.41, 5.74) is 5.72. The van der Waals surface area contributed by atoms with Crippen LogP contribution >= 0.6 is 23.2 Å². The summed E-state index contributed by atoms with van der Waals surface area (Å²) in [6, 6.07) is 15.8. The maximum absolute atomic E-state index is 6.57. The standard InChI is InChI=1S/C22H18Cl2N4/c23-18-10-3-1-6-14(18)12-15-7-5-9-17-20(15)27-22-25-13-26-28(22)21(17)16-8-2-4-11-19(16)24/h1-4,6,8,10-13,21H,5,7,9H2,(H,25,26,27). The first kappa shape index (κ1) is 17.5. The van der Waals surface area contributed by atoms with Crippen LogP contribution in [0, 0.1) is 0 Å². The molecule has 1 aromatic heterocycles. The Labute approximate surface area is 173 Å². The van der Waals surface area contributed by atoms with E-state index in [0.717, 1.165) is 52.1 Å². The summed E-state index contributed by atoms with van der Waals surface area (Å²) in [6.07, 6.45) is 6.81. The number of hydrogen-bond acceptors (Lipinski definition) is 3. The number of anilines is 1. The van der Waals surface area contributed by atoms with Crippen LogP contribution in [-0.4, -0.2) is 14.8 Å². The number of allylic oxidation sites excluding steroid dienone is 2. The Morgan fingerprint density at radius 1 is 1.00 bits per heavy atom. The third-order valence-corrected chi connectivity index (χ3v) is 6.04. The molecule has 1 aliphatic heterocycles. The molecule has 0 fully saturated rings. The van der Waals surface area contributed by atoms with Crippen molar-refractivity contribution in [2.24, 2.45) is 0 Å². The lowest BCUT2D eigenvalue weighted by molar-refractivity contribution is 0.538. The van der Waals surface area contributed by atoms with E-state index in [2.05, 4.69) is 27.5 Å². The highest BCUT2D eigenvalue weighted by Gasteiger charge is 2.34. The van der Waals surface area contributed by atoms with Gasteiger partial charge in [0.2, 0.25) is 5.95 Å². The summed E-state index contributed by atoms with van der Waals surface area (Å²) in [7, 11) is 0. The van der Waals surface area contributed by atoms with Gasteiger partial charge in [-0.15, -0.1) is 0 Å². The Kier molecular flexibility index (Phi) is 4.46. The summed E-state index contributed by atoms with van der Waals surface area (Å²) >= 11 is 13.0. The minimum atomic E-state index is -0.0580. The predicted octanol–water partition coefficient (Wildman–Crippen LogP) is 6.12. The van der Waals surface area contributed by atoms with Crippen LogP contribution in [0.5, 0.6) is 0 Å². The lowest BCUT2D eigenvalue weighted by Crippen LogP contribution is -2.28. The van der Waals surface area contributed by atoms with E-state index in [1.54, 1.807) is 6.33 Å².